The second-order valence-electron chi connectivity index (χ2n) is 6.12. The maximum Gasteiger partial charge on any atom is 0.0771 e. The first kappa shape index (κ1) is 15.2. The van der Waals surface area contributed by atoms with E-state index in [2.05, 4.69) is 10.2 Å². The van der Waals surface area contributed by atoms with Gasteiger partial charge in [-0.1, -0.05) is 25.7 Å². The van der Waals surface area contributed by atoms with Crippen molar-refractivity contribution < 1.29 is 9.84 Å². The van der Waals surface area contributed by atoms with Crippen LogP contribution in [0.2, 0.25) is 0 Å². The molecule has 1 saturated heterocycles. The van der Waals surface area contributed by atoms with Crippen LogP contribution in [-0.4, -0.2) is 61.5 Å². The monoisotopic (exact) mass is 270 g/mol. The lowest BCUT2D eigenvalue weighted by molar-refractivity contribution is 0.0240. The smallest absolute Gasteiger partial charge is 0.0771 e. The number of aliphatic hydroxyl groups is 1. The van der Waals surface area contributed by atoms with Gasteiger partial charge in [-0.15, -0.1) is 0 Å². The molecule has 0 radical (unpaired) electrons. The predicted molar refractivity (Wildman–Crippen MR) is 77.4 cm³/mol. The van der Waals surface area contributed by atoms with E-state index >= 15 is 0 Å². The Kier molecular flexibility index (Phi) is 6.57. The summed E-state index contributed by atoms with van der Waals surface area (Å²) in [6.45, 7) is 6.85. The number of hydrogen-bond acceptors (Lipinski definition) is 4. The topological polar surface area (TPSA) is 44.7 Å². The third-order valence-electron chi connectivity index (χ3n) is 4.42. The van der Waals surface area contributed by atoms with Gasteiger partial charge in [0.2, 0.25) is 0 Å². The van der Waals surface area contributed by atoms with Crippen molar-refractivity contribution in [2.24, 2.45) is 0 Å². The van der Waals surface area contributed by atoms with Gasteiger partial charge in [0.25, 0.3) is 0 Å². The maximum absolute atomic E-state index is 10.5. The van der Waals surface area contributed by atoms with Gasteiger partial charge in [0, 0.05) is 19.6 Å². The van der Waals surface area contributed by atoms with Gasteiger partial charge >= 0.3 is 0 Å². The van der Waals surface area contributed by atoms with Gasteiger partial charge in [-0.3, -0.25) is 4.90 Å². The normalized spacial score (nSPS) is 25.1. The molecule has 2 aliphatic rings. The molecule has 1 heterocycles. The van der Waals surface area contributed by atoms with Crippen LogP contribution in [0, 0.1) is 0 Å². The summed E-state index contributed by atoms with van der Waals surface area (Å²) in [4.78, 5) is 2.46. The molecule has 112 valence electrons. The van der Waals surface area contributed by atoms with Crippen LogP contribution in [0.4, 0.5) is 0 Å². The van der Waals surface area contributed by atoms with E-state index in [9.17, 15) is 5.11 Å². The first-order valence-corrected chi connectivity index (χ1v) is 8.02. The SMILES string of the molecule is OC1(CNCCCN2CCOCC2)CCCCCC1. The summed E-state index contributed by atoms with van der Waals surface area (Å²) in [5.41, 5.74) is -0.435. The van der Waals surface area contributed by atoms with Crippen LogP contribution in [0.3, 0.4) is 0 Å². The lowest BCUT2D eigenvalue weighted by Gasteiger charge is -2.28. The van der Waals surface area contributed by atoms with Crippen molar-refractivity contribution in [3.05, 3.63) is 0 Å². The zero-order chi connectivity index (χ0) is 13.4. The van der Waals surface area contributed by atoms with Crippen molar-refractivity contribution in [2.45, 2.75) is 50.5 Å². The number of ether oxygens (including phenoxy) is 1. The van der Waals surface area contributed by atoms with E-state index in [-0.39, 0.29) is 0 Å². The molecule has 2 rings (SSSR count). The lowest BCUT2D eigenvalue weighted by Crippen LogP contribution is -2.41. The molecule has 0 spiro atoms. The molecule has 4 nitrogen and oxygen atoms in total. The fourth-order valence-electron chi connectivity index (χ4n) is 3.14. The zero-order valence-electron chi connectivity index (χ0n) is 12.2. The molecule has 0 amide bonds. The Morgan fingerprint density at radius 1 is 1.05 bits per heavy atom. The molecule has 0 aromatic rings. The molecule has 0 unspecified atom stereocenters. The maximum atomic E-state index is 10.5. The molecule has 19 heavy (non-hydrogen) atoms. The summed E-state index contributed by atoms with van der Waals surface area (Å²) in [6, 6.07) is 0. The molecule has 4 heteroatoms. The Hall–Kier alpha value is -0.160. The summed E-state index contributed by atoms with van der Waals surface area (Å²) in [7, 11) is 0. The summed E-state index contributed by atoms with van der Waals surface area (Å²) in [5.74, 6) is 0. The minimum absolute atomic E-state index is 0.435. The Bertz CT molecular complexity index is 234. The number of morpholine rings is 1. The van der Waals surface area contributed by atoms with Crippen molar-refractivity contribution in [3.63, 3.8) is 0 Å². The summed E-state index contributed by atoms with van der Waals surface area (Å²) in [6.07, 6.45) is 8.07. The van der Waals surface area contributed by atoms with Crippen LogP contribution in [-0.2, 0) is 4.74 Å². The third kappa shape index (κ3) is 5.78. The Morgan fingerprint density at radius 2 is 1.74 bits per heavy atom. The molecule has 2 N–H and O–H groups in total. The van der Waals surface area contributed by atoms with E-state index in [1.165, 1.54) is 25.7 Å². The highest BCUT2D eigenvalue weighted by Gasteiger charge is 2.27. The van der Waals surface area contributed by atoms with Gasteiger partial charge < -0.3 is 15.2 Å². The van der Waals surface area contributed by atoms with Crippen LogP contribution in [0.5, 0.6) is 0 Å². The van der Waals surface area contributed by atoms with Gasteiger partial charge in [0.1, 0.15) is 0 Å². The highest BCUT2D eigenvalue weighted by atomic mass is 16.5. The van der Waals surface area contributed by atoms with Crippen molar-refractivity contribution in [3.8, 4) is 0 Å². The minimum atomic E-state index is -0.435. The molecular weight excluding hydrogens is 240 g/mol. The molecular formula is C15H30N2O2. The summed E-state index contributed by atoms with van der Waals surface area (Å²) < 4.78 is 5.34. The lowest BCUT2D eigenvalue weighted by atomic mass is 9.94. The van der Waals surface area contributed by atoms with Crippen molar-refractivity contribution >= 4 is 0 Å². The van der Waals surface area contributed by atoms with Crippen LogP contribution in [0.25, 0.3) is 0 Å². The van der Waals surface area contributed by atoms with E-state index in [1.54, 1.807) is 0 Å². The number of hydrogen-bond donors (Lipinski definition) is 2. The molecule has 0 aromatic heterocycles. The zero-order valence-corrected chi connectivity index (χ0v) is 12.2. The number of nitrogens with one attached hydrogen (secondary N) is 1. The van der Waals surface area contributed by atoms with Gasteiger partial charge in [-0.05, 0) is 32.4 Å². The Morgan fingerprint density at radius 3 is 2.42 bits per heavy atom. The van der Waals surface area contributed by atoms with Crippen molar-refractivity contribution in [1.29, 1.82) is 0 Å². The van der Waals surface area contributed by atoms with Crippen LogP contribution >= 0.6 is 0 Å². The van der Waals surface area contributed by atoms with Crippen LogP contribution in [0.1, 0.15) is 44.9 Å². The first-order chi connectivity index (χ1) is 9.29. The fraction of sp³-hybridized carbons (Fsp3) is 1.00. The molecule has 0 aromatic carbocycles. The van der Waals surface area contributed by atoms with E-state index in [0.29, 0.717) is 0 Å². The molecule has 2 fully saturated rings. The third-order valence-corrected chi connectivity index (χ3v) is 4.42. The summed E-state index contributed by atoms with van der Waals surface area (Å²) in [5, 5.41) is 14.0. The highest BCUT2D eigenvalue weighted by Crippen LogP contribution is 2.26. The molecule has 1 aliphatic heterocycles. The molecule has 0 atom stereocenters. The van der Waals surface area contributed by atoms with E-state index in [1.807, 2.05) is 0 Å². The Balaban J connectivity index is 1.53. The van der Waals surface area contributed by atoms with Crippen molar-refractivity contribution in [1.82, 2.24) is 10.2 Å². The quantitative estimate of drug-likeness (QED) is 0.565. The predicted octanol–water partition coefficient (Wildman–Crippen LogP) is 1.38. The van der Waals surface area contributed by atoms with Crippen LogP contribution < -0.4 is 5.32 Å². The minimum Gasteiger partial charge on any atom is -0.389 e. The second kappa shape index (κ2) is 8.20. The first-order valence-electron chi connectivity index (χ1n) is 8.02. The largest absolute Gasteiger partial charge is 0.389 e. The van der Waals surface area contributed by atoms with Gasteiger partial charge in [0.05, 0.1) is 18.8 Å². The van der Waals surface area contributed by atoms with Gasteiger partial charge in [-0.25, -0.2) is 0 Å². The second-order valence-corrected chi connectivity index (χ2v) is 6.12. The van der Waals surface area contributed by atoms with Crippen LogP contribution in [0.15, 0.2) is 0 Å². The number of rotatable bonds is 6. The standard InChI is InChI=1S/C15H30N2O2/c18-15(6-3-1-2-4-7-15)14-16-8-5-9-17-10-12-19-13-11-17/h16,18H,1-14H2. The fourth-order valence-corrected chi connectivity index (χ4v) is 3.14. The van der Waals surface area contributed by atoms with E-state index < -0.39 is 5.60 Å². The number of nitrogens with zero attached hydrogens (tertiary/aromatic N) is 1. The van der Waals surface area contributed by atoms with Gasteiger partial charge in [-0.2, -0.15) is 0 Å². The summed E-state index contributed by atoms with van der Waals surface area (Å²) >= 11 is 0. The molecule has 1 aliphatic carbocycles. The van der Waals surface area contributed by atoms with E-state index in [4.69, 9.17) is 4.74 Å². The average molecular weight is 270 g/mol. The van der Waals surface area contributed by atoms with Crippen molar-refractivity contribution in [2.75, 3.05) is 45.9 Å². The molecule has 1 saturated carbocycles. The average Bonchev–Trinajstić information content (AvgIpc) is 2.65. The van der Waals surface area contributed by atoms with E-state index in [0.717, 1.165) is 65.2 Å². The van der Waals surface area contributed by atoms with Gasteiger partial charge in [0.15, 0.2) is 0 Å². The highest BCUT2D eigenvalue weighted by molar-refractivity contribution is 4.83. The Labute approximate surface area is 117 Å². The molecule has 0 bridgehead atoms.